The molecule has 7 heteroatoms. The van der Waals surface area contributed by atoms with Crippen LogP contribution in [-0.4, -0.2) is 43.1 Å². The highest BCUT2D eigenvalue weighted by Crippen LogP contribution is 2.37. The molecule has 0 saturated carbocycles. The fraction of sp³-hybridized carbons (Fsp3) is 0.355. The highest BCUT2D eigenvalue weighted by Gasteiger charge is 2.46. The van der Waals surface area contributed by atoms with Crippen molar-refractivity contribution in [3.05, 3.63) is 108 Å². The lowest BCUT2D eigenvalue weighted by molar-refractivity contribution is -0.161. The van der Waals surface area contributed by atoms with Crippen molar-refractivity contribution in [1.82, 2.24) is 0 Å². The van der Waals surface area contributed by atoms with Gasteiger partial charge in [-0.05, 0) is 48.8 Å². The van der Waals surface area contributed by atoms with Crippen LogP contribution in [0.2, 0.25) is 0 Å². The summed E-state index contributed by atoms with van der Waals surface area (Å²) in [5.41, 5.74) is 1.86. The Morgan fingerprint density at radius 2 is 1.55 bits per heavy atom. The Hall–Kier alpha value is -3.36. The Balaban J connectivity index is 1.50. The van der Waals surface area contributed by atoms with Gasteiger partial charge in [0.05, 0.1) is 30.8 Å². The van der Waals surface area contributed by atoms with Crippen molar-refractivity contribution in [3.8, 4) is 0 Å². The van der Waals surface area contributed by atoms with Gasteiger partial charge in [0, 0.05) is 12.0 Å². The van der Waals surface area contributed by atoms with Crippen molar-refractivity contribution >= 4 is 11.8 Å². The number of carbonyl (C=O) groups excluding carboxylic acids is 2. The van der Waals surface area contributed by atoms with Crippen LogP contribution in [0.15, 0.2) is 96.6 Å². The predicted molar refractivity (Wildman–Crippen MR) is 142 cm³/mol. The SMILES string of the molecule is C=C1C(=O)O[C@@H]2/C=C(/C)C(=O)/C=C/[C@](C)(OCOCc3ccccc3)C[C@@H](OCOCc3ccccc3)[C@@H]12. The van der Waals surface area contributed by atoms with E-state index in [0.717, 1.165) is 11.1 Å². The molecule has 4 rings (SSSR count). The predicted octanol–water partition coefficient (Wildman–Crippen LogP) is 5.07. The van der Waals surface area contributed by atoms with Gasteiger partial charge >= 0.3 is 5.97 Å². The molecule has 0 bridgehead atoms. The van der Waals surface area contributed by atoms with Crippen LogP contribution in [0.3, 0.4) is 0 Å². The summed E-state index contributed by atoms with van der Waals surface area (Å²) < 4.78 is 29.5. The van der Waals surface area contributed by atoms with Gasteiger partial charge in [0.15, 0.2) is 5.78 Å². The van der Waals surface area contributed by atoms with Gasteiger partial charge in [-0.15, -0.1) is 0 Å². The zero-order chi connectivity index (χ0) is 27.0. The van der Waals surface area contributed by atoms with Crippen molar-refractivity contribution in [2.24, 2.45) is 5.92 Å². The monoisotopic (exact) mass is 518 g/mol. The second kappa shape index (κ2) is 12.9. The van der Waals surface area contributed by atoms with E-state index in [1.807, 2.05) is 67.6 Å². The van der Waals surface area contributed by atoms with Gasteiger partial charge in [0.1, 0.15) is 19.7 Å². The fourth-order valence-electron chi connectivity index (χ4n) is 4.54. The van der Waals surface area contributed by atoms with Crippen LogP contribution in [0.4, 0.5) is 0 Å². The van der Waals surface area contributed by atoms with E-state index in [1.165, 1.54) is 6.08 Å². The van der Waals surface area contributed by atoms with E-state index >= 15 is 0 Å². The minimum Gasteiger partial charge on any atom is -0.454 e. The van der Waals surface area contributed by atoms with Crippen LogP contribution in [0.5, 0.6) is 0 Å². The number of hydrogen-bond donors (Lipinski definition) is 0. The molecule has 1 saturated heterocycles. The number of esters is 1. The molecule has 2 aliphatic rings. The third-order valence-corrected chi connectivity index (χ3v) is 6.72. The summed E-state index contributed by atoms with van der Waals surface area (Å²) in [6, 6.07) is 19.6. The standard InChI is InChI=1S/C31H34O7/c1-22-16-27-29(23(2)30(33)38-27)28(36-20-34-18-24-10-6-4-7-11-24)17-31(3,15-14-26(22)32)37-21-35-19-25-12-8-5-9-13-25/h4-16,27-29H,2,17-21H2,1,3H3/b15-14+,22-16-/t27-,28-,29+,31+/m1/s1. The first-order chi connectivity index (χ1) is 18.3. The maximum absolute atomic E-state index is 12.8. The molecule has 4 atom stereocenters. The normalized spacial score (nSPS) is 27.8. The highest BCUT2D eigenvalue weighted by molar-refractivity contribution is 6.03. The molecular weight excluding hydrogens is 484 g/mol. The van der Waals surface area contributed by atoms with Gasteiger partial charge in [-0.25, -0.2) is 4.79 Å². The average molecular weight is 519 g/mol. The molecule has 2 aromatic carbocycles. The van der Waals surface area contributed by atoms with Gasteiger partial charge in [0.25, 0.3) is 0 Å². The van der Waals surface area contributed by atoms with Gasteiger partial charge in [-0.2, -0.15) is 0 Å². The number of allylic oxidation sites excluding steroid dienone is 2. The number of hydrogen-bond acceptors (Lipinski definition) is 7. The summed E-state index contributed by atoms with van der Waals surface area (Å²) in [5.74, 6) is -1.20. The Morgan fingerprint density at radius 3 is 2.18 bits per heavy atom. The number of ketones is 1. The molecule has 200 valence electrons. The highest BCUT2D eigenvalue weighted by atomic mass is 16.7. The van der Waals surface area contributed by atoms with Crippen LogP contribution in [0.1, 0.15) is 31.4 Å². The second-order valence-electron chi connectivity index (χ2n) is 9.74. The van der Waals surface area contributed by atoms with E-state index in [1.54, 1.807) is 19.1 Å². The summed E-state index contributed by atoms with van der Waals surface area (Å²) in [5, 5.41) is 0. The van der Waals surface area contributed by atoms with E-state index in [4.69, 9.17) is 23.7 Å². The molecule has 0 amide bonds. The third kappa shape index (κ3) is 7.36. The smallest absolute Gasteiger partial charge is 0.334 e. The Morgan fingerprint density at radius 1 is 0.947 bits per heavy atom. The number of ether oxygens (including phenoxy) is 5. The van der Waals surface area contributed by atoms with Gasteiger partial charge < -0.3 is 23.7 Å². The molecule has 38 heavy (non-hydrogen) atoms. The molecule has 0 radical (unpaired) electrons. The van der Waals surface area contributed by atoms with Crippen molar-refractivity contribution < 1.29 is 33.3 Å². The zero-order valence-corrected chi connectivity index (χ0v) is 21.8. The topological polar surface area (TPSA) is 80.3 Å². The molecule has 1 fully saturated rings. The summed E-state index contributed by atoms with van der Waals surface area (Å²) in [7, 11) is 0. The first-order valence-electron chi connectivity index (χ1n) is 12.7. The lowest BCUT2D eigenvalue weighted by Crippen LogP contribution is -2.40. The summed E-state index contributed by atoms with van der Waals surface area (Å²) in [6.07, 6.45) is 3.96. The van der Waals surface area contributed by atoms with E-state index in [0.29, 0.717) is 30.8 Å². The molecule has 0 N–H and O–H groups in total. The van der Waals surface area contributed by atoms with Crippen molar-refractivity contribution in [2.45, 2.75) is 51.3 Å². The molecule has 2 aromatic rings. The van der Waals surface area contributed by atoms with Crippen LogP contribution < -0.4 is 0 Å². The lowest BCUT2D eigenvalue weighted by atomic mass is 9.82. The summed E-state index contributed by atoms with van der Waals surface area (Å²) >= 11 is 0. The summed E-state index contributed by atoms with van der Waals surface area (Å²) in [4.78, 5) is 25.3. The number of benzene rings is 2. The summed E-state index contributed by atoms with van der Waals surface area (Å²) in [6.45, 7) is 8.30. The van der Waals surface area contributed by atoms with Gasteiger partial charge in [-0.3, -0.25) is 4.79 Å². The molecule has 1 heterocycles. The fourth-order valence-corrected chi connectivity index (χ4v) is 4.54. The molecule has 1 aliphatic carbocycles. The van der Waals surface area contributed by atoms with E-state index < -0.39 is 29.7 Å². The minimum absolute atomic E-state index is 0.000442. The second-order valence-corrected chi connectivity index (χ2v) is 9.74. The van der Waals surface area contributed by atoms with Gasteiger partial charge in [-0.1, -0.05) is 67.2 Å². The minimum atomic E-state index is -0.940. The first-order valence-corrected chi connectivity index (χ1v) is 12.7. The molecule has 0 unspecified atom stereocenters. The maximum Gasteiger partial charge on any atom is 0.334 e. The lowest BCUT2D eigenvalue weighted by Gasteiger charge is -2.34. The van der Waals surface area contributed by atoms with Crippen molar-refractivity contribution in [3.63, 3.8) is 0 Å². The van der Waals surface area contributed by atoms with Crippen LogP contribution >= 0.6 is 0 Å². The van der Waals surface area contributed by atoms with Gasteiger partial charge in [0.2, 0.25) is 0 Å². The van der Waals surface area contributed by atoms with Crippen LogP contribution in [0, 0.1) is 5.92 Å². The van der Waals surface area contributed by atoms with Crippen molar-refractivity contribution in [2.75, 3.05) is 13.6 Å². The van der Waals surface area contributed by atoms with E-state index in [2.05, 4.69) is 6.58 Å². The first kappa shape index (κ1) is 27.7. The number of carbonyl (C=O) groups is 2. The van der Waals surface area contributed by atoms with Crippen LogP contribution in [-0.2, 0) is 46.5 Å². The molecule has 0 spiro atoms. The van der Waals surface area contributed by atoms with E-state index in [9.17, 15) is 9.59 Å². The number of rotatable bonds is 10. The Bertz CT molecular complexity index is 1170. The van der Waals surface area contributed by atoms with E-state index in [-0.39, 0.29) is 19.4 Å². The Kier molecular flexibility index (Phi) is 9.42. The maximum atomic E-state index is 12.8. The van der Waals surface area contributed by atoms with Crippen molar-refractivity contribution in [1.29, 1.82) is 0 Å². The molecule has 0 aromatic heterocycles. The zero-order valence-electron chi connectivity index (χ0n) is 21.8. The Labute approximate surface area is 223 Å². The largest absolute Gasteiger partial charge is 0.454 e. The van der Waals surface area contributed by atoms with Crippen LogP contribution in [0.25, 0.3) is 0 Å². The molecule has 7 nitrogen and oxygen atoms in total. The molecule has 1 aliphatic heterocycles. The molecular formula is C31H34O7. The third-order valence-electron chi connectivity index (χ3n) is 6.72. The quantitative estimate of drug-likeness (QED) is 0.188. The average Bonchev–Trinajstić information content (AvgIpc) is 3.20. The number of fused-ring (bicyclic) bond motifs is 1.